The Kier molecular flexibility index (Phi) is 13.1. The molecule has 2 atom stereocenters. The van der Waals surface area contributed by atoms with Crippen LogP contribution in [0.3, 0.4) is 0 Å². The molecule has 1 aliphatic rings. The molecule has 43 heavy (non-hydrogen) atoms. The van der Waals surface area contributed by atoms with E-state index in [4.69, 9.17) is 23.7 Å². The van der Waals surface area contributed by atoms with E-state index in [-0.39, 0.29) is 23.7 Å². The van der Waals surface area contributed by atoms with E-state index in [1.165, 1.54) is 24.6 Å². The Balaban J connectivity index is 1.18. The fourth-order valence-electron chi connectivity index (χ4n) is 5.16. The Morgan fingerprint density at radius 3 is 2.60 bits per heavy atom. The summed E-state index contributed by atoms with van der Waals surface area (Å²) in [5.74, 6) is 2.09. The van der Waals surface area contributed by atoms with Gasteiger partial charge >= 0.3 is 0 Å². The summed E-state index contributed by atoms with van der Waals surface area (Å²) in [5.41, 5.74) is 2.97. The molecule has 0 spiro atoms. The maximum Gasteiger partial charge on any atom is 0.216 e. The molecule has 8 nitrogen and oxygen atoms in total. The van der Waals surface area contributed by atoms with E-state index in [0.717, 1.165) is 43.0 Å². The van der Waals surface area contributed by atoms with E-state index in [9.17, 15) is 9.18 Å². The maximum absolute atomic E-state index is 13.8. The number of halogens is 1. The van der Waals surface area contributed by atoms with Crippen molar-refractivity contribution < 1.29 is 32.9 Å². The van der Waals surface area contributed by atoms with Crippen LogP contribution in [0.4, 0.5) is 4.39 Å². The number of benzene rings is 3. The maximum atomic E-state index is 13.8. The molecule has 0 saturated carbocycles. The molecule has 3 aromatic rings. The van der Waals surface area contributed by atoms with Gasteiger partial charge < -0.3 is 34.3 Å². The summed E-state index contributed by atoms with van der Waals surface area (Å²) in [7, 11) is 1.67. The Labute approximate surface area is 253 Å². The van der Waals surface area contributed by atoms with Gasteiger partial charge in [-0.15, -0.1) is 0 Å². The minimum Gasteiger partial charge on any atom is -0.496 e. The number of amides is 1. The van der Waals surface area contributed by atoms with Crippen LogP contribution in [0.25, 0.3) is 0 Å². The Hall–Kier alpha value is -3.66. The number of rotatable bonds is 17. The second kappa shape index (κ2) is 17.5. The number of hydrogen-bond acceptors (Lipinski definition) is 7. The van der Waals surface area contributed by atoms with E-state index in [2.05, 4.69) is 22.8 Å². The van der Waals surface area contributed by atoms with E-state index >= 15 is 0 Å². The Bertz CT molecular complexity index is 1270. The van der Waals surface area contributed by atoms with Crippen molar-refractivity contribution in [2.75, 3.05) is 53.2 Å². The number of ether oxygens (including phenoxy) is 5. The van der Waals surface area contributed by atoms with Gasteiger partial charge in [-0.1, -0.05) is 30.3 Å². The minimum atomic E-state index is -0.330. The number of piperidine rings is 1. The number of carbonyl (C=O) groups is 1. The van der Waals surface area contributed by atoms with Crippen molar-refractivity contribution in [2.24, 2.45) is 0 Å². The normalized spacial score (nSPS) is 16.4. The zero-order valence-corrected chi connectivity index (χ0v) is 25.1. The molecule has 0 unspecified atom stereocenters. The number of carbonyl (C=O) groups excluding carboxylic acids is 1. The van der Waals surface area contributed by atoms with Crippen LogP contribution >= 0.6 is 0 Å². The first kappa shape index (κ1) is 32.3. The third-order valence-electron chi connectivity index (χ3n) is 7.35. The quantitative estimate of drug-likeness (QED) is 0.212. The van der Waals surface area contributed by atoms with Gasteiger partial charge in [0.05, 0.1) is 39.6 Å². The Morgan fingerprint density at radius 1 is 0.953 bits per heavy atom. The monoisotopic (exact) mass is 594 g/mol. The van der Waals surface area contributed by atoms with Crippen LogP contribution in [0, 0.1) is 5.82 Å². The number of methoxy groups -OCH3 is 1. The molecule has 2 N–H and O–H groups in total. The van der Waals surface area contributed by atoms with Gasteiger partial charge in [0.1, 0.15) is 29.7 Å². The van der Waals surface area contributed by atoms with E-state index in [1.54, 1.807) is 13.2 Å². The molecule has 1 heterocycles. The summed E-state index contributed by atoms with van der Waals surface area (Å²) >= 11 is 0. The molecule has 0 bridgehead atoms. The molecule has 0 aromatic heterocycles. The van der Waals surface area contributed by atoms with Crippen molar-refractivity contribution in [3.05, 3.63) is 89.2 Å². The zero-order chi connectivity index (χ0) is 30.3. The third-order valence-corrected chi connectivity index (χ3v) is 7.35. The molecular weight excluding hydrogens is 551 g/mol. The largest absolute Gasteiger partial charge is 0.496 e. The predicted octanol–water partition coefficient (Wildman–Crippen LogP) is 5.04. The van der Waals surface area contributed by atoms with E-state index in [1.807, 2.05) is 36.4 Å². The number of nitrogens with one attached hydrogen (secondary N) is 2. The van der Waals surface area contributed by atoms with Crippen molar-refractivity contribution in [3.8, 4) is 17.2 Å². The van der Waals surface area contributed by atoms with Crippen LogP contribution in [-0.4, -0.2) is 65.2 Å². The highest BCUT2D eigenvalue weighted by molar-refractivity contribution is 5.72. The molecule has 9 heteroatoms. The first-order valence-electron chi connectivity index (χ1n) is 14.9. The van der Waals surface area contributed by atoms with E-state index in [0.29, 0.717) is 57.3 Å². The fraction of sp³-hybridized carbons (Fsp3) is 0.441. The molecule has 4 rings (SSSR count). The van der Waals surface area contributed by atoms with Gasteiger partial charge in [0.25, 0.3) is 0 Å². The topological polar surface area (TPSA) is 87.3 Å². The fourth-order valence-corrected chi connectivity index (χ4v) is 5.16. The predicted molar refractivity (Wildman–Crippen MR) is 163 cm³/mol. The van der Waals surface area contributed by atoms with Crippen LogP contribution in [0.5, 0.6) is 17.2 Å². The van der Waals surface area contributed by atoms with Crippen molar-refractivity contribution in [1.29, 1.82) is 0 Å². The molecule has 3 aromatic carbocycles. The standard InChI is InChI=1S/C34H43FN2O6/c1-25(38)37-17-14-27-22-29(35)10-13-33(27)42-20-21-43-34-23-36-16-15-31(34)26-8-11-30(12-9-26)41-19-5-18-40-24-28-6-3-4-7-32(28)39-2/h3-4,6-13,22,31,34,36H,5,14-21,23-24H2,1-2H3,(H,37,38)/t31-,34+/m1/s1. The highest BCUT2D eigenvalue weighted by Gasteiger charge is 2.27. The average Bonchev–Trinajstić information content (AvgIpc) is 3.02. The van der Waals surface area contributed by atoms with Crippen LogP contribution in [-0.2, 0) is 27.3 Å². The Morgan fingerprint density at radius 2 is 1.79 bits per heavy atom. The van der Waals surface area contributed by atoms with E-state index < -0.39 is 0 Å². The molecule has 0 radical (unpaired) electrons. The van der Waals surface area contributed by atoms with Crippen molar-refractivity contribution in [1.82, 2.24) is 10.6 Å². The lowest BCUT2D eigenvalue weighted by molar-refractivity contribution is -0.118. The molecule has 1 saturated heterocycles. The average molecular weight is 595 g/mol. The van der Waals surface area contributed by atoms with Gasteiger partial charge in [-0.25, -0.2) is 4.39 Å². The van der Waals surface area contributed by atoms with Gasteiger partial charge in [-0.05, 0) is 66.9 Å². The summed E-state index contributed by atoms with van der Waals surface area (Å²) in [5, 5.41) is 6.16. The second-order valence-corrected chi connectivity index (χ2v) is 10.5. The van der Waals surface area contributed by atoms with Crippen molar-refractivity contribution in [2.45, 2.75) is 44.8 Å². The van der Waals surface area contributed by atoms with Crippen LogP contribution in [0.15, 0.2) is 66.7 Å². The lowest BCUT2D eigenvalue weighted by Crippen LogP contribution is -2.41. The van der Waals surface area contributed by atoms with Gasteiger partial charge in [0, 0.05) is 37.9 Å². The summed E-state index contributed by atoms with van der Waals surface area (Å²) in [6, 6.07) is 20.6. The van der Waals surface area contributed by atoms with Crippen LogP contribution in [0.1, 0.15) is 42.4 Å². The third kappa shape index (κ3) is 10.5. The molecule has 1 amide bonds. The second-order valence-electron chi connectivity index (χ2n) is 10.5. The molecule has 1 fully saturated rings. The van der Waals surface area contributed by atoms with Gasteiger partial charge in [0.15, 0.2) is 0 Å². The summed E-state index contributed by atoms with van der Waals surface area (Å²) in [6.07, 6.45) is 2.26. The lowest BCUT2D eigenvalue weighted by atomic mass is 9.88. The first-order valence-corrected chi connectivity index (χ1v) is 14.9. The minimum absolute atomic E-state index is 0.0111. The molecule has 0 aliphatic carbocycles. The smallest absolute Gasteiger partial charge is 0.216 e. The first-order chi connectivity index (χ1) is 21.0. The summed E-state index contributed by atoms with van der Waals surface area (Å²) in [4.78, 5) is 11.2. The highest BCUT2D eigenvalue weighted by Crippen LogP contribution is 2.29. The summed E-state index contributed by atoms with van der Waals surface area (Å²) in [6.45, 7) is 6.02. The number of para-hydroxylation sites is 1. The molecule has 1 aliphatic heterocycles. The zero-order valence-electron chi connectivity index (χ0n) is 25.1. The van der Waals surface area contributed by atoms with Gasteiger partial charge in [0.2, 0.25) is 5.91 Å². The van der Waals surface area contributed by atoms with Crippen LogP contribution < -0.4 is 24.8 Å². The van der Waals surface area contributed by atoms with Crippen molar-refractivity contribution >= 4 is 5.91 Å². The number of hydrogen-bond donors (Lipinski definition) is 2. The van der Waals surface area contributed by atoms with Crippen molar-refractivity contribution in [3.63, 3.8) is 0 Å². The molecular formula is C34H43FN2O6. The van der Waals surface area contributed by atoms with Crippen LogP contribution in [0.2, 0.25) is 0 Å². The summed E-state index contributed by atoms with van der Waals surface area (Å²) < 4.78 is 43.1. The lowest BCUT2D eigenvalue weighted by Gasteiger charge is -2.32. The van der Waals surface area contributed by atoms with Gasteiger partial charge in [-0.3, -0.25) is 4.79 Å². The highest BCUT2D eigenvalue weighted by atomic mass is 19.1. The molecule has 232 valence electrons. The SMILES string of the molecule is COc1ccccc1COCCCOc1ccc([C@H]2CCNC[C@@H]2OCCOc2ccc(F)cc2CCNC(C)=O)cc1. The van der Waals surface area contributed by atoms with Gasteiger partial charge in [-0.2, -0.15) is 0 Å².